The first-order chi connectivity index (χ1) is 12.4. The number of nitro benzene ring substituents is 1. The van der Waals surface area contributed by atoms with E-state index in [0.717, 1.165) is 31.9 Å². The summed E-state index contributed by atoms with van der Waals surface area (Å²) < 4.78 is 27.5. The number of benzene rings is 2. The van der Waals surface area contributed by atoms with Gasteiger partial charge in [0, 0.05) is 37.9 Å². The fourth-order valence-corrected chi connectivity index (χ4v) is 3.92. The standard InChI is InChI=1S/C17H20N4O4S/c1-19-9-11-20(12-10-19)14-7-8-17(21(22)23)16(13-14)18-26(24,25)15-5-3-2-4-6-15/h2-8,13,18H,9-12H2,1H3. The molecule has 0 aliphatic carbocycles. The molecule has 2 aromatic rings. The summed E-state index contributed by atoms with van der Waals surface area (Å²) in [6.07, 6.45) is 0. The Morgan fingerprint density at radius 1 is 1.04 bits per heavy atom. The highest BCUT2D eigenvalue weighted by molar-refractivity contribution is 7.92. The van der Waals surface area contributed by atoms with Gasteiger partial charge in [0.15, 0.2) is 0 Å². The molecule has 138 valence electrons. The minimum absolute atomic E-state index is 0.0321. The maximum Gasteiger partial charge on any atom is 0.293 e. The summed E-state index contributed by atoms with van der Waals surface area (Å²) in [5.74, 6) is 0. The van der Waals surface area contributed by atoms with Crippen LogP contribution in [0.5, 0.6) is 0 Å². The van der Waals surface area contributed by atoms with Gasteiger partial charge in [0.05, 0.1) is 9.82 Å². The first-order valence-corrected chi connectivity index (χ1v) is 9.65. The van der Waals surface area contributed by atoms with E-state index in [4.69, 9.17) is 0 Å². The summed E-state index contributed by atoms with van der Waals surface area (Å²) in [5.41, 5.74) is 0.451. The van der Waals surface area contributed by atoms with Crippen molar-refractivity contribution in [3.8, 4) is 0 Å². The van der Waals surface area contributed by atoms with Gasteiger partial charge in [-0.1, -0.05) is 18.2 Å². The van der Waals surface area contributed by atoms with Crippen molar-refractivity contribution in [3.05, 3.63) is 58.6 Å². The summed E-state index contributed by atoms with van der Waals surface area (Å²) in [6.45, 7) is 3.31. The number of likely N-dealkylation sites (N-methyl/N-ethyl adjacent to an activating group) is 1. The molecule has 3 rings (SSSR count). The van der Waals surface area contributed by atoms with E-state index in [1.54, 1.807) is 24.3 Å². The number of nitro groups is 1. The molecule has 0 atom stereocenters. The molecule has 0 radical (unpaired) electrons. The lowest BCUT2D eigenvalue weighted by Gasteiger charge is -2.34. The van der Waals surface area contributed by atoms with Crippen LogP contribution in [0.3, 0.4) is 0 Å². The van der Waals surface area contributed by atoms with Crippen LogP contribution in [0.2, 0.25) is 0 Å². The van der Waals surface area contributed by atoms with Gasteiger partial charge >= 0.3 is 0 Å². The fraction of sp³-hybridized carbons (Fsp3) is 0.294. The Morgan fingerprint density at radius 2 is 1.69 bits per heavy atom. The molecule has 0 saturated carbocycles. The molecule has 8 nitrogen and oxygen atoms in total. The number of anilines is 2. The van der Waals surface area contributed by atoms with Crippen molar-refractivity contribution in [2.75, 3.05) is 42.8 Å². The van der Waals surface area contributed by atoms with Crippen molar-refractivity contribution in [1.82, 2.24) is 4.90 Å². The SMILES string of the molecule is CN1CCN(c2ccc([N+](=O)[O-])c(NS(=O)(=O)c3ccccc3)c2)CC1. The molecular weight excluding hydrogens is 356 g/mol. The first kappa shape index (κ1) is 18.2. The lowest BCUT2D eigenvalue weighted by molar-refractivity contribution is -0.383. The van der Waals surface area contributed by atoms with Crippen LogP contribution in [-0.2, 0) is 10.0 Å². The number of piperazine rings is 1. The van der Waals surface area contributed by atoms with Crippen LogP contribution >= 0.6 is 0 Å². The van der Waals surface area contributed by atoms with Crippen LogP contribution in [0.1, 0.15) is 0 Å². The van der Waals surface area contributed by atoms with E-state index >= 15 is 0 Å². The van der Waals surface area contributed by atoms with E-state index in [9.17, 15) is 18.5 Å². The summed E-state index contributed by atoms with van der Waals surface area (Å²) >= 11 is 0. The molecule has 1 heterocycles. The number of hydrogen-bond acceptors (Lipinski definition) is 6. The molecule has 0 aromatic heterocycles. The average molecular weight is 376 g/mol. The Hall–Kier alpha value is -2.65. The highest BCUT2D eigenvalue weighted by atomic mass is 32.2. The van der Waals surface area contributed by atoms with Crippen molar-refractivity contribution >= 4 is 27.1 Å². The van der Waals surface area contributed by atoms with Gasteiger partial charge in [0.25, 0.3) is 15.7 Å². The second-order valence-electron chi connectivity index (χ2n) is 6.17. The van der Waals surface area contributed by atoms with Crippen LogP contribution in [0.15, 0.2) is 53.4 Å². The fourth-order valence-electron chi connectivity index (χ4n) is 2.83. The molecule has 0 unspecified atom stereocenters. The maximum atomic E-state index is 12.6. The third-order valence-electron chi connectivity index (χ3n) is 4.34. The number of nitrogens with zero attached hydrogens (tertiary/aromatic N) is 3. The van der Waals surface area contributed by atoms with Crippen molar-refractivity contribution in [3.63, 3.8) is 0 Å². The third kappa shape index (κ3) is 3.94. The van der Waals surface area contributed by atoms with E-state index in [1.165, 1.54) is 24.3 Å². The first-order valence-electron chi connectivity index (χ1n) is 8.16. The molecule has 0 bridgehead atoms. The lowest BCUT2D eigenvalue weighted by Crippen LogP contribution is -2.44. The minimum atomic E-state index is -3.91. The second kappa shape index (κ2) is 7.30. The molecule has 1 aliphatic rings. The Balaban J connectivity index is 1.94. The van der Waals surface area contributed by atoms with Gasteiger partial charge in [-0.15, -0.1) is 0 Å². The number of sulfonamides is 1. The summed E-state index contributed by atoms with van der Waals surface area (Å²) in [6, 6.07) is 12.3. The van der Waals surface area contributed by atoms with Gasteiger partial charge in [0.2, 0.25) is 0 Å². The average Bonchev–Trinajstić information content (AvgIpc) is 2.62. The molecule has 26 heavy (non-hydrogen) atoms. The van der Waals surface area contributed by atoms with Crippen molar-refractivity contribution < 1.29 is 13.3 Å². The van der Waals surface area contributed by atoms with Gasteiger partial charge in [-0.25, -0.2) is 8.42 Å². The van der Waals surface area contributed by atoms with Crippen LogP contribution in [-0.4, -0.2) is 51.5 Å². The number of rotatable bonds is 5. The zero-order valence-electron chi connectivity index (χ0n) is 14.3. The van der Waals surface area contributed by atoms with Gasteiger partial charge < -0.3 is 9.80 Å². The molecule has 0 amide bonds. The number of nitrogens with one attached hydrogen (secondary N) is 1. The predicted molar refractivity (Wildman–Crippen MR) is 100 cm³/mol. The lowest BCUT2D eigenvalue weighted by atomic mass is 10.2. The molecule has 2 aromatic carbocycles. The number of hydrogen-bond donors (Lipinski definition) is 1. The van der Waals surface area contributed by atoms with E-state index in [-0.39, 0.29) is 16.3 Å². The van der Waals surface area contributed by atoms with Gasteiger partial charge in [-0.05, 0) is 31.3 Å². The van der Waals surface area contributed by atoms with E-state index < -0.39 is 14.9 Å². The Morgan fingerprint density at radius 3 is 2.31 bits per heavy atom. The summed E-state index contributed by atoms with van der Waals surface area (Å²) in [7, 11) is -1.87. The molecular formula is C17H20N4O4S. The minimum Gasteiger partial charge on any atom is -0.369 e. The quantitative estimate of drug-likeness (QED) is 0.634. The monoisotopic (exact) mass is 376 g/mol. The molecule has 1 aliphatic heterocycles. The summed E-state index contributed by atoms with van der Waals surface area (Å²) in [4.78, 5) is 15.1. The van der Waals surface area contributed by atoms with Crippen molar-refractivity contribution in [2.24, 2.45) is 0 Å². The van der Waals surface area contributed by atoms with Crippen LogP contribution in [0, 0.1) is 10.1 Å². The van der Waals surface area contributed by atoms with E-state index in [1.807, 2.05) is 7.05 Å². The zero-order valence-corrected chi connectivity index (χ0v) is 15.1. The molecule has 1 fully saturated rings. The van der Waals surface area contributed by atoms with Gasteiger partial charge in [-0.3, -0.25) is 14.8 Å². The topological polar surface area (TPSA) is 95.8 Å². The highest BCUT2D eigenvalue weighted by Crippen LogP contribution is 2.31. The highest BCUT2D eigenvalue weighted by Gasteiger charge is 2.23. The Kier molecular flexibility index (Phi) is 5.10. The maximum absolute atomic E-state index is 12.6. The van der Waals surface area contributed by atoms with Crippen LogP contribution in [0.25, 0.3) is 0 Å². The normalized spacial score (nSPS) is 15.7. The van der Waals surface area contributed by atoms with Crippen LogP contribution < -0.4 is 9.62 Å². The van der Waals surface area contributed by atoms with E-state index in [0.29, 0.717) is 0 Å². The molecule has 1 saturated heterocycles. The smallest absolute Gasteiger partial charge is 0.293 e. The van der Waals surface area contributed by atoms with Crippen LogP contribution in [0.4, 0.5) is 17.1 Å². The third-order valence-corrected chi connectivity index (χ3v) is 5.72. The van der Waals surface area contributed by atoms with Gasteiger partial charge in [0.1, 0.15) is 5.69 Å². The van der Waals surface area contributed by atoms with E-state index in [2.05, 4.69) is 14.5 Å². The largest absolute Gasteiger partial charge is 0.369 e. The zero-order chi connectivity index (χ0) is 18.7. The molecule has 1 N–H and O–H groups in total. The Bertz CT molecular complexity index is 894. The summed E-state index contributed by atoms with van der Waals surface area (Å²) in [5, 5.41) is 11.3. The molecule has 0 spiro atoms. The second-order valence-corrected chi connectivity index (χ2v) is 7.85. The van der Waals surface area contributed by atoms with Gasteiger partial charge in [-0.2, -0.15) is 0 Å². The van der Waals surface area contributed by atoms with Crippen molar-refractivity contribution in [1.29, 1.82) is 0 Å². The predicted octanol–water partition coefficient (Wildman–Crippen LogP) is 2.15. The van der Waals surface area contributed by atoms with Crippen molar-refractivity contribution in [2.45, 2.75) is 4.90 Å². The Labute approximate surface area is 152 Å². The molecule has 9 heteroatoms.